The first kappa shape index (κ1) is 19.2. The number of carbonyl (C=O) groups is 1. The van der Waals surface area contributed by atoms with E-state index in [4.69, 9.17) is 4.98 Å². The Morgan fingerprint density at radius 2 is 1.78 bits per heavy atom. The van der Waals surface area contributed by atoms with Crippen LogP contribution in [-0.4, -0.2) is 22.0 Å². The van der Waals surface area contributed by atoms with Gasteiger partial charge in [-0.3, -0.25) is 4.79 Å². The van der Waals surface area contributed by atoms with E-state index in [9.17, 15) is 4.79 Å². The molecule has 0 saturated heterocycles. The molecule has 1 aromatic heterocycles. The van der Waals surface area contributed by atoms with Crippen LogP contribution in [0.4, 0.5) is 0 Å². The molecular formula is C23H29N3O. The van der Waals surface area contributed by atoms with Gasteiger partial charge in [0.25, 0.3) is 0 Å². The molecule has 0 spiro atoms. The maximum atomic E-state index is 13.1. The van der Waals surface area contributed by atoms with Crippen molar-refractivity contribution in [3.63, 3.8) is 0 Å². The molecule has 1 N–H and O–H groups in total. The number of hydrogen-bond acceptors (Lipinski definition) is 2. The van der Waals surface area contributed by atoms with Gasteiger partial charge in [0.2, 0.25) is 5.91 Å². The molecule has 0 radical (unpaired) electrons. The first-order valence-corrected chi connectivity index (χ1v) is 9.92. The van der Waals surface area contributed by atoms with Crippen LogP contribution < -0.4 is 5.32 Å². The fraction of sp³-hybridized carbons (Fsp3) is 0.391. The van der Waals surface area contributed by atoms with Crippen LogP contribution >= 0.6 is 0 Å². The highest BCUT2D eigenvalue weighted by molar-refractivity contribution is 5.87. The zero-order valence-electron chi connectivity index (χ0n) is 16.5. The number of benzene rings is 2. The second kappa shape index (κ2) is 8.85. The molecule has 0 aliphatic carbocycles. The van der Waals surface area contributed by atoms with E-state index < -0.39 is 0 Å². The van der Waals surface area contributed by atoms with Gasteiger partial charge in [0, 0.05) is 12.1 Å². The van der Waals surface area contributed by atoms with E-state index in [0.29, 0.717) is 5.92 Å². The first-order chi connectivity index (χ1) is 13.1. The zero-order chi connectivity index (χ0) is 19.2. The third kappa shape index (κ3) is 4.38. The molecule has 1 amide bonds. The SMILES string of the molecule is CCCCNC(=O)C(CC(C)C)n1c(-c2ccccc2)nc2ccccc21. The summed E-state index contributed by atoms with van der Waals surface area (Å²) in [7, 11) is 0. The van der Waals surface area contributed by atoms with Gasteiger partial charge in [0.1, 0.15) is 11.9 Å². The lowest BCUT2D eigenvalue weighted by atomic mass is 10.0. The van der Waals surface area contributed by atoms with Crippen LogP contribution in [0.5, 0.6) is 0 Å². The van der Waals surface area contributed by atoms with Crippen molar-refractivity contribution in [2.45, 2.75) is 46.1 Å². The fourth-order valence-electron chi connectivity index (χ4n) is 3.43. The summed E-state index contributed by atoms with van der Waals surface area (Å²) in [6.07, 6.45) is 2.84. The predicted molar refractivity (Wildman–Crippen MR) is 112 cm³/mol. The highest BCUT2D eigenvalue weighted by Crippen LogP contribution is 2.31. The molecule has 4 heteroatoms. The van der Waals surface area contributed by atoms with E-state index in [1.807, 2.05) is 36.4 Å². The first-order valence-electron chi connectivity index (χ1n) is 9.92. The van der Waals surface area contributed by atoms with Crippen molar-refractivity contribution < 1.29 is 4.79 Å². The van der Waals surface area contributed by atoms with E-state index in [1.165, 1.54) is 0 Å². The number of fused-ring (bicyclic) bond motifs is 1. The monoisotopic (exact) mass is 363 g/mol. The largest absolute Gasteiger partial charge is 0.354 e. The summed E-state index contributed by atoms with van der Waals surface area (Å²) < 4.78 is 2.13. The normalized spacial score (nSPS) is 12.4. The summed E-state index contributed by atoms with van der Waals surface area (Å²) in [5.74, 6) is 1.34. The second-order valence-electron chi connectivity index (χ2n) is 7.45. The molecule has 0 aliphatic rings. The Balaban J connectivity index is 2.11. The van der Waals surface area contributed by atoms with Gasteiger partial charge in [0.15, 0.2) is 0 Å². The van der Waals surface area contributed by atoms with Gasteiger partial charge in [-0.1, -0.05) is 69.7 Å². The van der Waals surface area contributed by atoms with Crippen LogP contribution in [0.25, 0.3) is 22.4 Å². The average Bonchev–Trinajstić information content (AvgIpc) is 3.06. The molecule has 1 unspecified atom stereocenters. The second-order valence-corrected chi connectivity index (χ2v) is 7.45. The quantitative estimate of drug-likeness (QED) is 0.559. The lowest BCUT2D eigenvalue weighted by molar-refractivity contribution is -0.124. The molecule has 1 atom stereocenters. The molecule has 0 fully saturated rings. The number of amides is 1. The molecule has 4 nitrogen and oxygen atoms in total. The third-order valence-corrected chi connectivity index (χ3v) is 4.77. The van der Waals surface area contributed by atoms with Crippen LogP contribution in [-0.2, 0) is 4.79 Å². The van der Waals surface area contributed by atoms with Crippen molar-refractivity contribution in [3.8, 4) is 11.4 Å². The maximum absolute atomic E-state index is 13.1. The predicted octanol–water partition coefficient (Wildman–Crippen LogP) is 5.21. The van der Waals surface area contributed by atoms with Crippen molar-refractivity contribution in [3.05, 3.63) is 54.6 Å². The number of unbranched alkanes of at least 4 members (excludes halogenated alkanes) is 1. The summed E-state index contributed by atoms with van der Waals surface area (Å²) in [6, 6.07) is 17.9. The van der Waals surface area contributed by atoms with Gasteiger partial charge in [-0.15, -0.1) is 0 Å². The minimum absolute atomic E-state index is 0.0810. The molecule has 142 valence electrons. The van der Waals surface area contributed by atoms with Crippen molar-refractivity contribution >= 4 is 16.9 Å². The van der Waals surface area contributed by atoms with Gasteiger partial charge < -0.3 is 9.88 Å². The Hall–Kier alpha value is -2.62. The van der Waals surface area contributed by atoms with Gasteiger partial charge in [-0.05, 0) is 30.9 Å². The minimum Gasteiger partial charge on any atom is -0.354 e. The van der Waals surface area contributed by atoms with Crippen LogP contribution in [0.1, 0.15) is 46.1 Å². The van der Waals surface area contributed by atoms with Gasteiger partial charge in [-0.2, -0.15) is 0 Å². The molecule has 3 rings (SSSR count). The molecule has 0 saturated carbocycles. The smallest absolute Gasteiger partial charge is 0.243 e. The number of carbonyl (C=O) groups excluding carboxylic acids is 1. The van der Waals surface area contributed by atoms with Crippen molar-refractivity contribution in [2.24, 2.45) is 5.92 Å². The van der Waals surface area contributed by atoms with E-state index in [0.717, 1.165) is 48.2 Å². The number of hydrogen-bond donors (Lipinski definition) is 1. The number of nitrogens with one attached hydrogen (secondary N) is 1. The van der Waals surface area contributed by atoms with Crippen molar-refractivity contribution in [1.82, 2.24) is 14.9 Å². The Labute approximate surface area is 161 Å². The Morgan fingerprint density at radius 3 is 2.48 bits per heavy atom. The number of imidazole rings is 1. The van der Waals surface area contributed by atoms with Gasteiger partial charge in [0.05, 0.1) is 11.0 Å². The molecule has 2 aromatic carbocycles. The Kier molecular flexibility index (Phi) is 6.28. The molecule has 1 heterocycles. The van der Waals surface area contributed by atoms with Crippen molar-refractivity contribution in [1.29, 1.82) is 0 Å². The average molecular weight is 364 g/mol. The van der Waals surface area contributed by atoms with Gasteiger partial charge in [-0.25, -0.2) is 4.98 Å². The lowest BCUT2D eigenvalue weighted by Crippen LogP contribution is -2.34. The van der Waals surface area contributed by atoms with Crippen molar-refractivity contribution in [2.75, 3.05) is 6.54 Å². The molecule has 27 heavy (non-hydrogen) atoms. The lowest BCUT2D eigenvalue weighted by Gasteiger charge is -2.23. The van der Waals surface area contributed by atoms with Crippen LogP contribution in [0.15, 0.2) is 54.6 Å². The van der Waals surface area contributed by atoms with Crippen LogP contribution in [0.2, 0.25) is 0 Å². The van der Waals surface area contributed by atoms with Crippen LogP contribution in [0.3, 0.4) is 0 Å². The molecule has 3 aromatic rings. The Morgan fingerprint density at radius 1 is 1.07 bits per heavy atom. The summed E-state index contributed by atoms with van der Waals surface area (Å²) in [4.78, 5) is 18.0. The number of para-hydroxylation sites is 2. The summed E-state index contributed by atoms with van der Waals surface area (Å²) >= 11 is 0. The van der Waals surface area contributed by atoms with E-state index in [1.54, 1.807) is 0 Å². The van der Waals surface area contributed by atoms with Crippen LogP contribution in [0, 0.1) is 5.92 Å². The van der Waals surface area contributed by atoms with E-state index >= 15 is 0 Å². The number of nitrogens with zero attached hydrogens (tertiary/aromatic N) is 2. The topological polar surface area (TPSA) is 46.9 Å². The maximum Gasteiger partial charge on any atom is 0.243 e. The number of aromatic nitrogens is 2. The third-order valence-electron chi connectivity index (χ3n) is 4.77. The van der Waals surface area contributed by atoms with E-state index in [-0.39, 0.29) is 11.9 Å². The molecular weight excluding hydrogens is 334 g/mol. The summed E-state index contributed by atoms with van der Waals surface area (Å²) in [5, 5.41) is 3.13. The number of rotatable bonds is 8. The molecule has 0 aliphatic heterocycles. The Bertz CT molecular complexity index is 883. The zero-order valence-corrected chi connectivity index (χ0v) is 16.5. The summed E-state index contributed by atoms with van der Waals surface area (Å²) in [5.41, 5.74) is 2.96. The fourth-order valence-corrected chi connectivity index (χ4v) is 3.43. The minimum atomic E-state index is -0.274. The highest BCUT2D eigenvalue weighted by Gasteiger charge is 2.26. The van der Waals surface area contributed by atoms with E-state index in [2.05, 4.69) is 48.9 Å². The van der Waals surface area contributed by atoms with Gasteiger partial charge >= 0.3 is 0 Å². The molecule has 0 bridgehead atoms. The summed E-state index contributed by atoms with van der Waals surface area (Å²) in [6.45, 7) is 7.17. The standard InChI is InChI=1S/C23H29N3O/c1-4-5-15-24-23(27)21(16-17(2)3)26-20-14-10-9-13-19(20)25-22(26)18-11-7-6-8-12-18/h6-14,17,21H,4-5,15-16H2,1-3H3,(H,24,27). The highest BCUT2D eigenvalue weighted by atomic mass is 16.2.